The highest BCUT2D eigenvalue weighted by Gasteiger charge is 2.75. The fraction of sp³-hybridized carbons (Fsp3) is 0. The van der Waals surface area contributed by atoms with Gasteiger partial charge < -0.3 is 32.9 Å². The van der Waals surface area contributed by atoms with Crippen LogP contribution in [-0.2, 0) is 32.9 Å². The van der Waals surface area contributed by atoms with Gasteiger partial charge in [0, 0.05) is 20.7 Å². The lowest BCUT2D eigenvalue weighted by atomic mass is 10.4. The minimum Gasteiger partial charge on any atom is -0.385 e. The van der Waals surface area contributed by atoms with Crippen molar-refractivity contribution in [1.82, 2.24) is 0 Å². The van der Waals surface area contributed by atoms with Gasteiger partial charge in [0.25, 0.3) is 0 Å². The van der Waals surface area contributed by atoms with Gasteiger partial charge in [0.2, 0.25) is 0 Å². The molecule has 1 aliphatic rings. The maximum absolute atomic E-state index is 7.96. The molecule has 8 aromatic carbocycles. The summed E-state index contributed by atoms with van der Waals surface area (Å²) in [6.45, 7) is -17.2. The van der Waals surface area contributed by atoms with Crippen molar-refractivity contribution in [3.8, 4) is 0 Å². The summed E-state index contributed by atoms with van der Waals surface area (Å²) in [5.74, 6) is 0. The molecular formula is C48H40Cl8O8Si8. The van der Waals surface area contributed by atoms with Crippen LogP contribution < -0.4 is 41.5 Å². The second-order valence-electron chi connectivity index (χ2n) is 16.0. The largest absolute Gasteiger partial charge is 0.514 e. The molecule has 8 nitrogen and oxygen atoms in total. The van der Waals surface area contributed by atoms with Gasteiger partial charge in [-0.3, -0.25) is 0 Å². The van der Waals surface area contributed by atoms with Gasteiger partial charge in [0.05, 0.1) is 0 Å². The molecule has 24 heteroatoms. The molecule has 0 aromatic heterocycles. The first-order valence-corrected chi connectivity index (χ1v) is 44.7. The Morgan fingerprint density at radius 3 is 0.514 bits per heavy atom. The van der Waals surface area contributed by atoms with Crippen LogP contribution in [0.15, 0.2) is 243 Å². The molecule has 0 atom stereocenters. The summed E-state index contributed by atoms with van der Waals surface area (Å²) in [4.78, 5) is 0. The Kier molecular flexibility index (Phi) is 17.0. The van der Waals surface area contributed by atoms with Crippen molar-refractivity contribution in [1.29, 1.82) is 0 Å². The van der Waals surface area contributed by atoms with Gasteiger partial charge in [-0.25, -0.2) is 0 Å². The highest BCUT2D eigenvalue weighted by atomic mass is 35.7. The molecule has 0 saturated carbocycles. The van der Waals surface area contributed by atoms with Crippen LogP contribution in [0.1, 0.15) is 0 Å². The maximum Gasteiger partial charge on any atom is 0.514 e. The third-order valence-corrected chi connectivity index (χ3v) is 47.1. The molecule has 0 radical (unpaired) electrons. The number of benzene rings is 8. The molecule has 1 aliphatic heterocycles. The van der Waals surface area contributed by atoms with Gasteiger partial charge in [-0.1, -0.05) is 243 Å². The Labute approximate surface area is 464 Å². The van der Waals surface area contributed by atoms with Gasteiger partial charge in [-0.05, 0) is 20.7 Å². The SMILES string of the molecule is Cl[Si](Cl)(O[Si]1(c2ccccc2)O[Si](O[Si](Cl)(Cl)c2ccccc2)(c2ccccc2)O[Si](O[Si](Cl)(Cl)c2ccccc2)(c2ccccc2)O[Si](O[Si](Cl)(Cl)c2ccccc2)(c2ccccc2)O1)c1ccccc1. The first-order valence-electron chi connectivity index (χ1n) is 22.1. The fourth-order valence-electron chi connectivity index (χ4n) is 7.67. The average molecular weight is 1250 g/mol. The van der Waals surface area contributed by atoms with Crippen molar-refractivity contribution in [3.05, 3.63) is 243 Å². The van der Waals surface area contributed by atoms with E-state index in [-0.39, 0.29) is 0 Å². The van der Waals surface area contributed by atoms with E-state index in [0.717, 1.165) is 0 Å². The van der Waals surface area contributed by atoms with Gasteiger partial charge in [0.15, 0.2) is 0 Å². The molecular weight excluding hydrogens is 1210 g/mol. The second-order valence-corrected chi connectivity index (χ2v) is 50.9. The van der Waals surface area contributed by atoms with Crippen LogP contribution in [0.2, 0.25) is 0 Å². The molecule has 0 bridgehead atoms. The van der Waals surface area contributed by atoms with E-state index >= 15 is 0 Å². The predicted molar refractivity (Wildman–Crippen MR) is 310 cm³/mol. The van der Waals surface area contributed by atoms with Gasteiger partial charge in [0.1, 0.15) is 0 Å². The molecule has 0 aliphatic carbocycles. The molecule has 0 amide bonds. The smallest absolute Gasteiger partial charge is 0.385 e. The topological polar surface area (TPSA) is 73.8 Å². The number of rotatable bonds is 16. The van der Waals surface area contributed by atoms with E-state index in [4.69, 9.17) is 122 Å². The van der Waals surface area contributed by atoms with E-state index < -0.39 is 63.0 Å². The van der Waals surface area contributed by atoms with Gasteiger partial charge in [-0.15, -0.1) is 88.6 Å². The minimum absolute atomic E-state index is 0.337. The quantitative estimate of drug-likeness (QED) is 0.0703. The molecule has 9 rings (SSSR count). The average Bonchev–Trinajstić information content (AvgIpc) is 3.40. The zero-order chi connectivity index (χ0) is 50.6. The van der Waals surface area contributed by atoms with Crippen LogP contribution in [0.5, 0.6) is 0 Å². The standard InChI is InChI=1S/C48H40Cl8O8Si8/c49-65(50,41-25-9-1-10-26-41)57-69(45-33-17-5-18-34-45)61-70(46-35-19-6-20-36-46,58-66(51,52)42-27-11-2-12-28-42)63-72(48-39-23-8-24-40-48,60-68(55,56)44-31-15-4-16-32-44)64-71(62-69,47-37-21-7-22-38-47)59-67(53,54)43-29-13-3-14-30-43/h1-40H. The van der Waals surface area contributed by atoms with Crippen molar-refractivity contribution in [2.45, 2.75) is 0 Å². The Balaban J connectivity index is 1.44. The van der Waals surface area contributed by atoms with Crippen LogP contribution >= 0.6 is 88.6 Å². The first-order chi connectivity index (χ1) is 34.5. The molecule has 0 unspecified atom stereocenters. The van der Waals surface area contributed by atoms with Crippen molar-refractivity contribution in [2.75, 3.05) is 0 Å². The second kappa shape index (κ2) is 22.6. The zero-order valence-electron chi connectivity index (χ0n) is 37.4. The number of hydrogen-bond acceptors (Lipinski definition) is 8. The van der Waals surface area contributed by atoms with Crippen LogP contribution in [0.25, 0.3) is 0 Å². The summed E-state index contributed by atoms with van der Waals surface area (Å²) in [6, 6.07) is 71.6. The molecule has 72 heavy (non-hydrogen) atoms. The molecule has 8 aromatic rings. The highest BCUT2D eigenvalue weighted by Crippen LogP contribution is 2.41. The molecule has 0 spiro atoms. The minimum atomic E-state index is -5.14. The predicted octanol–water partition coefficient (Wildman–Crippen LogP) is 8.81. The van der Waals surface area contributed by atoms with Gasteiger partial charge in [-0.2, -0.15) is 0 Å². The number of hydrogen-bond donors (Lipinski definition) is 0. The monoisotopic (exact) mass is 1250 g/mol. The summed E-state index contributed by atoms with van der Waals surface area (Å²) < 4.78 is 61.5. The Morgan fingerprint density at radius 2 is 0.361 bits per heavy atom. The Morgan fingerprint density at radius 1 is 0.222 bits per heavy atom. The van der Waals surface area contributed by atoms with E-state index in [0.29, 0.717) is 41.5 Å². The lowest BCUT2D eigenvalue weighted by Gasteiger charge is -2.52. The summed E-state index contributed by atoms with van der Waals surface area (Å²) in [7, 11) is -20.6. The van der Waals surface area contributed by atoms with Crippen molar-refractivity contribution >= 4 is 193 Å². The van der Waals surface area contributed by atoms with Gasteiger partial charge >= 0.3 is 63.0 Å². The normalized spacial score (nSPS) is 22.1. The molecule has 1 saturated heterocycles. The van der Waals surface area contributed by atoms with Crippen LogP contribution in [0, 0.1) is 0 Å². The Bertz CT molecular complexity index is 2600. The van der Waals surface area contributed by atoms with Crippen LogP contribution in [0.4, 0.5) is 0 Å². The lowest BCUT2D eigenvalue weighted by Crippen LogP contribution is -2.85. The fourth-order valence-corrected chi connectivity index (χ4v) is 47.8. The molecule has 368 valence electrons. The summed E-state index contributed by atoms with van der Waals surface area (Å²) >= 11 is 61.3. The maximum atomic E-state index is 7.96. The molecule has 1 fully saturated rings. The third kappa shape index (κ3) is 12.0. The summed E-state index contributed by atoms with van der Waals surface area (Å²) in [5, 5.41) is 3.17. The van der Waals surface area contributed by atoms with E-state index in [1.54, 1.807) is 194 Å². The first kappa shape index (κ1) is 54.3. The van der Waals surface area contributed by atoms with Crippen molar-refractivity contribution < 1.29 is 32.9 Å². The van der Waals surface area contributed by atoms with Crippen molar-refractivity contribution in [3.63, 3.8) is 0 Å². The Hall–Kier alpha value is -2.50. The molecule has 1 heterocycles. The van der Waals surface area contributed by atoms with E-state index in [1.165, 1.54) is 0 Å². The van der Waals surface area contributed by atoms with Crippen LogP contribution in [0.3, 0.4) is 0 Å². The summed E-state index contributed by atoms with van der Waals surface area (Å²) in [5.41, 5.74) is 0. The summed E-state index contributed by atoms with van der Waals surface area (Å²) in [6.07, 6.45) is 0. The van der Waals surface area contributed by atoms with Crippen LogP contribution in [-0.4, -0.2) is 63.0 Å². The third-order valence-electron chi connectivity index (χ3n) is 11.1. The van der Waals surface area contributed by atoms with E-state index in [2.05, 4.69) is 0 Å². The molecule has 0 N–H and O–H groups in total. The van der Waals surface area contributed by atoms with E-state index in [9.17, 15) is 0 Å². The zero-order valence-corrected chi connectivity index (χ0v) is 51.4. The lowest BCUT2D eigenvalue weighted by molar-refractivity contribution is 0.109. The number of halogens is 8. The van der Waals surface area contributed by atoms with Crippen molar-refractivity contribution in [2.24, 2.45) is 0 Å². The highest BCUT2D eigenvalue weighted by molar-refractivity contribution is 7.51. The van der Waals surface area contributed by atoms with E-state index in [1.807, 2.05) is 48.5 Å².